The molecule has 1 saturated heterocycles. The first-order valence-electron chi connectivity index (χ1n) is 11.5. The van der Waals surface area contributed by atoms with Crippen LogP contribution in [0.4, 0.5) is 13.2 Å². The number of ketones is 1. The number of aromatic nitrogens is 2. The molecule has 13 heteroatoms. The molecule has 0 bridgehead atoms. The number of nitrogens with one attached hydrogen (secondary N) is 4. The van der Waals surface area contributed by atoms with Crippen LogP contribution in [0.5, 0.6) is 0 Å². The maximum Gasteiger partial charge on any atom is 0.522 e. The molecule has 196 valence electrons. The van der Waals surface area contributed by atoms with Crippen molar-refractivity contribution in [2.24, 2.45) is 11.8 Å². The number of halogens is 3. The van der Waals surface area contributed by atoms with E-state index >= 15 is 0 Å². The van der Waals surface area contributed by atoms with E-state index in [0.717, 1.165) is 0 Å². The van der Waals surface area contributed by atoms with Gasteiger partial charge in [0.25, 0.3) is 5.91 Å². The third-order valence-electron chi connectivity index (χ3n) is 5.79. The second-order valence-corrected chi connectivity index (χ2v) is 9.03. The first-order valence-corrected chi connectivity index (χ1v) is 11.5. The number of hydrogen-bond acceptors (Lipinski definition) is 6. The molecule has 1 aliphatic heterocycles. The Bertz CT molecular complexity index is 1120. The first kappa shape index (κ1) is 27.1. The van der Waals surface area contributed by atoms with E-state index in [1.807, 2.05) is 13.8 Å². The predicted octanol–water partition coefficient (Wildman–Crippen LogP) is 1.82. The lowest BCUT2D eigenvalue weighted by Crippen LogP contribution is -2.53. The maximum atomic E-state index is 13.2. The third kappa shape index (κ3) is 7.26. The van der Waals surface area contributed by atoms with Gasteiger partial charge in [-0.3, -0.25) is 23.9 Å². The van der Waals surface area contributed by atoms with E-state index in [4.69, 9.17) is 0 Å². The molecule has 3 heterocycles. The molecule has 1 aliphatic rings. The summed E-state index contributed by atoms with van der Waals surface area (Å²) < 4.78 is 41.1. The van der Waals surface area contributed by atoms with Gasteiger partial charge >= 0.3 is 6.36 Å². The van der Waals surface area contributed by atoms with Crippen molar-refractivity contribution in [2.75, 3.05) is 13.2 Å². The van der Waals surface area contributed by atoms with Crippen LogP contribution in [0.3, 0.4) is 0 Å². The van der Waals surface area contributed by atoms with E-state index in [2.05, 4.69) is 30.7 Å². The number of fused-ring (bicyclic) bond motifs is 1. The maximum absolute atomic E-state index is 13.2. The van der Waals surface area contributed by atoms with Crippen LogP contribution in [0.2, 0.25) is 0 Å². The Kier molecular flexibility index (Phi) is 8.66. The van der Waals surface area contributed by atoms with Gasteiger partial charge in [-0.1, -0.05) is 13.8 Å². The molecule has 10 nitrogen and oxygen atoms in total. The smallest absolute Gasteiger partial charge is 0.356 e. The summed E-state index contributed by atoms with van der Waals surface area (Å²) in [5.41, 5.74) is 0.742. The highest BCUT2D eigenvalue weighted by Gasteiger charge is 2.36. The average molecular weight is 512 g/mol. The number of ether oxygens (including phenoxy) is 1. The Hall–Kier alpha value is -3.48. The quantitative estimate of drug-likeness (QED) is 0.363. The molecular weight excluding hydrogens is 483 g/mol. The minimum atomic E-state index is -5.03. The van der Waals surface area contributed by atoms with Gasteiger partial charge in [-0.25, -0.2) is 4.98 Å². The van der Waals surface area contributed by atoms with Crippen molar-refractivity contribution in [2.45, 2.75) is 51.6 Å². The number of alkyl halides is 3. The first-order chi connectivity index (χ1) is 16.9. The van der Waals surface area contributed by atoms with Crippen molar-refractivity contribution in [1.82, 2.24) is 25.9 Å². The monoisotopic (exact) mass is 511 g/mol. The third-order valence-corrected chi connectivity index (χ3v) is 5.79. The summed E-state index contributed by atoms with van der Waals surface area (Å²) >= 11 is 0. The Morgan fingerprint density at radius 3 is 2.61 bits per heavy atom. The Labute approximate surface area is 204 Å². The number of hydrogen-bond donors (Lipinski definition) is 4. The Balaban J connectivity index is 1.76. The molecule has 2 aromatic heterocycles. The lowest BCUT2D eigenvalue weighted by atomic mass is 9.95. The van der Waals surface area contributed by atoms with Crippen LogP contribution in [-0.4, -0.2) is 65.1 Å². The topological polar surface area (TPSA) is 142 Å². The number of pyridine rings is 1. The van der Waals surface area contributed by atoms with E-state index in [1.165, 1.54) is 6.20 Å². The van der Waals surface area contributed by atoms with Gasteiger partial charge in [-0.15, -0.1) is 13.2 Å². The minimum absolute atomic E-state index is 0.0472. The number of carbonyl (C=O) groups excluding carboxylic acids is 4. The largest absolute Gasteiger partial charge is 0.522 e. The van der Waals surface area contributed by atoms with Crippen LogP contribution in [0.25, 0.3) is 11.0 Å². The van der Waals surface area contributed by atoms with Crippen molar-refractivity contribution in [3.63, 3.8) is 0 Å². The molecule has 2 aromatic rings. The molecule has 0 aliphatic carbocycles. The SMILES string of the molecule is CC(C)C[C@H](NC(=O)c1c[nH]c2ncccc12)C(=O)N[C@@H](C[C@@H]1CCNC1=O)C(=O)COC(F)(F)F. The van der Waals surface area contributed by atoms with Gasteiger partial charge in [0.2, 0.25) is 11.8 Å². The standard InChI is InChI=1S/C23H28F3N5O5/c1-12(2)8-17(31-21(34)15-10-29-19-14(15)4-3-6-27-19)22(35)30-16(9-13-5-7-28-20(13)33)18(32)11-36-23(24,25)26/h3-4,6,10,12-13,16-17H,5,7-9,11H2,1-2H3,(H,27,29)(H,28,33)(H,30,35)(H,31,34)/t13-,16-,17-/m0/s1. The van der Waals surface area contributed by atoms with Gasteiger partial charge in [0.1, 0.15) is 18.3 Å². The molecule has 4 N–H and O–H groups in total. The summed E-state index contributed by atoms with van der Waals surface area (Å²) in [4.78, 5) is 57.6. The molecule has 0 spiro atoms. The number of nitrogens with zero attached hydrogens (tertiary/aromatic N) is 1. The molecule has 0 saturated carbocycles. The zero-order valence-corrected chi connectivity index (χ0v) is 19.8. The second-order valence-electron chi connectivity index (χ2n) is 9.03. The predicted molar refractivity (Wildman–Crippen MR) is 121 cm³/mol. The molecule has 1 fully saturated rings. The number of Topliss-reactive ketones (excluding diaryl/α,β-unsaturated/α-hetero) is 1. The van der Waals surface area contributed by atoms with E-state index in [0.29, 0.717) is 24.0 Å². The van der Waals surface area contributed by atoms with Crippen molar-refractivity contribution < 1.29 is 37.1 Å². The molecular formula is C23H28F3N5O5. The number of carbonyl (C=O) groups is 4. The lowest BCUT2D eigenvalue weighted by Gasteiger charge is -2.25. The van der Waals surface area contributed by atoms with E-state index in [-0.39, 0.29) is 30.2 Å². The Morgan fingerprint density at radius 1 is 1.22 bits per heavy atom. The summed E-state index contributed by atoms with van der Waals surface area (Å²) in [6.07, 6.45) is -1.64. The summed E-state index contributed by atoms with van der Waals surface area (Å²) in [5.74, 6) is -3.39. The van der Waals surface area contributed by atoms with Gasteiger partial charge in [-0.2, -0.15) is 0 Å². The minimum Gasteiger partial charge on any atom is -0.356 e. The zero-order valence-electron chi connectivity index (χ0n) is 19.8. The van der Waals surface area contributed by atoms with Crippen LogP contribution >= 0.6 is 0 Å². The van der Waals surface area contributed by atoms with Crippen LogP contribution in [0.15, 0.2) is 24.5 Å². The van der Waals surface area contributed by atoms with Gasteiger partial charge in [-0.05, 0) is 37.3 Å². The van der Waals surface area contributed by atoms with Crippen molar-refractivity contribution in [3.05, 3.63) is 30.1 Å². The number of H-pyrrole nitrogens is 1. The van der Waals surface area contributed by atoms with E-state index in [9.17, 15) is 32.3 Å². The second kappa shape index (κ2) is 11.5. The zero-order chi connectivity index (χ0) is 26.5. The molecule has 0 aromatic carbocycles. The van der Waals surface area contributed by atoms with Crippen molar-refractivity contribution in [1.29, 1.82) is 0 Å². The normalized spacial score (nSPS) is 17.6. The van der Waals surface area contributed by atoms with Crippen molar-refractivity contribution in [3.8, 4) is 0 Å². The lowest BCUT2D eigenvalue weighted by molar-refractivity contribution is -0.321. The number of rotatable bonds is 11. The fourth-order valence-electron chi connectivity index (χ4n) is 4.03. The van der Waals surface area contributed by atoms with E-state index < -0.39 is 48.6 Å². The van der Waals surface area contributed by atoms with Gasteiger partial charge in [0.05, 0.1) is 11.6 Å². The molecule has 0 unspecified atom stereocenters. The fraction of sp³-hybridized carbons (Fsp3) is 0.522. The highest BCUT2D eigenvalue weighted by molar-refractivity contribution is 6.07. The van der Waals surface area contributed by atoms with Crippen molar-refractivity contribution >= 4 is 34.5 Å². The molecule has 3 amide bonds. The molecule has 3 rings (SSSR count). The summed E-state index contributed by atoms with van der Waals surface area (Å²) in [5, 5.41) is 8.22. The van der Waals surface area contributed by atoms with Crippen LogP contribution in [0, 0.1) is 11.8 Å². The fourth-order valence-corrected chi connectivity index (χ4v) is 4.03. The number of aromatic amines is 1. The van der Waals surface area contributed by atoms with Gasteiger partial charge in [0, 0.05) is 30.2 Å². The molecule has 0 radical (unpaired) electrons. The molecule has 3 atom stereocenters. The van der Waals surface area contributed by atoms with E-state index in [1.54, 1.807) is 18.3 Å². The Morgan fingerprint density at radius 2 is 1.97 bits per heavy atom. The average Bonchev–Trinajstić information content (AvgIpc) is 3.41. The van der Waals surface area contributed by atoms with Gasteiger partial charge < -0.3 is 20.9 Å². The van der Waals surface area contributed by atoms with Crippen LogP contribution in [-0.2, 0) is 19.1 Å². The highest BCUT2D eigenvalue weighted by Crippen LogP contribution is 2.20. The number of amides is 3. The summed E-state index contributed by atoms with van der Waals surface area (Å²) in [6, 6.07) is 0.852. The molecule has 36 heavy (non-hydrogen) atoms. The summed E-state index contributed by atoms with van der Waals surface area (Å²) in [7, 11) is 0. The van der Waals surface area contributed by atoms with Crippen LogP contribution in [0.1, 0.15) is 43.5 Å². The van der Waals surface area contributed by atoms with Crippen LogP contribution < -0.4 is 16.0 Å². The highest BCUT2D eigenvalue weighted by atomic mass is 19.4. The van der Waals surface area contributed by atoms with Gasteiger partial charge in [0.15, 0.2) is 5.78 Å². The summed E-state index contributed by atoms with van der Waals surface area (Å²) in [6.45, 7) is 2.70.